The summed E-state index contributed by atoms with van der Waals surface area (Å²) in [6.07, 6.45) is 0. The van der Waals surface area contributed by atoms with Crippen LogP contribution in [0.15, 0.2) is 53.7 Å². The number of nitrogens with zero attached hydrogens (tertiary/aromatic N) is 4. The molecule has 10 heteroatoms. The number of halogens is 1. The van der Waals surface area contributed by atoms with Gasteiger partial charge in [0.15, 0.2) is 11.0 Å². The lowest BCUT2D eigenvalue weighted by atomic mass is 10.2. The standard InChI is InChI=1S/C19H18ClN5O3S/c1-3-24-17(13-5-4-6-14(20)11-13)22-23-19(24)29-12(2)18(26)21-15-7-9-16(10-8-15)25(27)28/h4-12H,3H2,1-2H3,(H,21,26). The summed E-state index contributed by atoms with van der Waals surface area (Å²) in [7, 11) is 0. The van der Waals surface area contributed by atoms with Gasteiger partial charge in [-0.2, -0.15) is 0 Å². The van der Waals surface area contributed by atoms with Crippen LogP contribution in [-0.2, 0) is 11.3 Å². The van der Waals surface area contributed by atoms with Gasteiger partial charge >= 0.3 is 0 Å². The summed E-state index contributed by atoms with van der Waals surface area (Å²) in [6, 6.07) is 13.0. The van der Waals surface area contributed by atoms with Crippen molar-refractivity contribution >= 4 is 40.6 Å². The first-order valence-electron chi connectivity index (χ1n) is 8.80. The molecule has 0 saturated heterocycles. The van der Waals surface area contributed by atoms with Crippen LogP contribution < -0.4 is 5.32 Å². The van der Waals surface area contributed by atoms with E-state index in [4.69, 9.17) is 11.6 Å². The number of benzene rings is 2. The Morgan fingerprint density at radius 2 is 2.00 bits per heavy atom. The van der Waals surface area contributed by atoms with E-state index in [1.54, 1.807) is 13.0 Å². The smallest absolute Gasteiger partial charge is 0.269 e. The van der Waals surface area contributed by atoms with Crippen LogP contribution >= 0.6 is 23.4 Å². The van der Waals surface area contributed by atoms with Gasteiger partial charge in [0.2, 0.25) is 5.91 Å². The van der Waals surface area contributed by atoms with Crippen molar-refractivity contribution in [1.29, 1.82) is 0 Å². The van der Waals surface area contributed by atoms with E-state index in [-0.39, 0.29) is 11.6 Å². The first-order chi connectivity index (χ1) is 13.9. The van der Waals surface area contributed by atoms with E-state index in [2.05, 4.69) is 15.5 Å². The molecule has 0 radical (unpaired) electrons. The third kappa shape index (κ3) is 4.93. The molecule has 3 aromatic rings. The molecule has 29 heavy (non-hydrogen) atoms. The Kier molecular flexibility index (Phi) is 6.50. The van der Waals surface area contributed by atoms with Crippen LogP contribution in [0.4, 0.5) is 11.4 Å². The molecule has 150 valence electrons. The summed E-state index contributed by atoms with van der Waals surface area (Å²) in [5.41, 5.74) is 1.31. The van der Waals surface area contributed by atoms with Crippen molar-refractivity contribution in [3.63, 3.8) is 0 Å². The molecule has 0 saturated carbocycles. The summed E-state index contributed by atoms with van der Waals surface area (Å²) in [4.78, 5) is 22.8. The molecule has 1 aromatic heterocycles. The number of hydrogen-bond donors (Lipinski definition) is 1. The maximum Gasteiger partial charge on any atom is 0.269 e. The van der Waals surface area contributed by atoms with Crippen LogP contribution in [0.5, 0.6) is 0 Å². The minimum Gasteiger partial charge on any atom is -0.325 e. The second-order valence-electron chi connectivity index (χ2n) is 6.11. The van der Waals surface area contributed by atoms with Crippen molar-refractivity contribution in [2.75, 3.05) is 5.32 Å². The molecule has 3 rings (SSSR count). The van der Waals surface area contributed by atoms with Crippen molar-refractivity contribution in [1.82, 2.24) is 14.8 Å². The van der Waals surface area contributed by atoms with Crippen LogP contribution in [-0.4, -0.2) is 30.8 Å². The van der Waals surface area contributed by atoms with Gasteiger partial charge in [-0.25, -0.2) is 0 Å². The predicted molar refractivity (Wildman–Crippen MR) is 113 cm³/mol. The number of amides is 1. The second-order valence-corrected chi connectivity index (χ2v) is 7.86. The zero-order valence-corrected chi connectivity index (χ0v) is 17.3. The fourth-order valence-corrected chi connectivity index (χ4v) is 3.73. The van der Waals surface area contributed by atoms with Gasteiger partial charge in [0, 0.05) is 35.0 Å². The lowest BCUT2D eigenvalue weighted by Gasteiger charge is -2.13. The maximum atomic E-state index is 12.5. The highest BCUT2D eigenvalue weighted by molar-refractivity contribution is 8.00. The summed E-state index contributed by atoms with van der Waals surface area (Å²) in [6.45, 7) is 4.37. The third-order valence-corrected chi connectivity index (χ3v) is 5.43. The molecular formula is C19H18ClN5O3S. The molecule has 0 aliphatic rings. The van der Waals surface area contributed by atoms with Gasteiger partial charge in [-0.15, -0.1) is 10.2 Å². The van der Waals surface area contributed by atoms with Crippen LogP contribution in [0.25, 0.3) is 11.4 Å². The van der Waals surface area contributed by atoms with Crippen molar-refractivity contribution in [2.24, 2.45) is 0 Å². The summed E-state index contributed by atoms with van der Waals surface area (Å²) in [5.74, 6) is 0.444. The van der Waals surface area contributed by atoms with E-state index in [1.807, 2.05) is 29.7 Å². The number of thioether (sulfide) groups is 1. The average molecular weight is 432 g/mol. The van der Waals surface area contributed by atoms with E-state index < -0.39 is 10.2 Å². The molecule has 1 amide bonds. The second kappa shape index (κ2) is 9.06. The van der Waals surface area contributed by atoms with E-state index in [9.17, 15) is 14.9 Å². The fourth-order valence-electron chi connectivity index (χ4n) is 2.62. The van der Waals surface area contributed by atoms with Crippen molar-refractivity contribution in [2.45, 2.75) is 30.8 Å². The summed E-state index contributed by atoms with van der Waals surface area (Å²) < 4.78 is 1.92. The Labute approximate surface area is 176 Å². The van der Waals surface area contributed by atoms with E-state index >= 15 is 0 Å². The van der Waals surface area contributed by atoms with Gasteiger partial charge < -0.3 is 9.88 Å². The number of hydrogen-bond acceptors (Lipinski definition) is 6. The number of non-ortho nitro benzene ring substituents is 1. The Morgan fingerprint density at radius 1 is 1.28 bits per heavy atom. The molecule has 0 fully saturated rings. The van der Waals surface area contributed by atoms with Gasteiger partial charge in [0.1, 0.15) is 0 Å². The van der Waals surface area contributed by atoms with Crippen molar-refractivity contribution in [3.05, 3.63) is 63.7 Å². The summed E-state index contributed by atoms with van der Waals surface area (Å²) in [5, 5.41) is 22.7. The Bertz CT molecular complexity index is 1040. The molecular weight excluding hydrogens is 414 g/mol. The molecule has 1 atom stereocenters. The number of carbonyl (C=O) groups excluding carboxylic acids is 1. The quantitative estimate of drug-likeness (QED) is 0.332. The zero-order valence-electron chi connectivity index (χ0n) is 15.7. The number of anilines is 1. The largest absolute Gasteiger partial charge is 0.325 e. The first kappa shape index (κ1) is 20.8. The molecule has 0 aliphatic heterocycles. The summed E-state index contributed by atoms with van der Waals surface area (Å²) >= 11 is 7.36. The molecule has 1 N–H and O–H groups in total. The number of rotatable bonds is 7. The number of nitrogens with one attached hydrogen (secondary N) is 1. The molecule has 0 bridgehead atoms. The van der Waals surface area contributed by atoms with Crippen LogP contribution in [0.2, 0.25) is 5.02 Å². The van der Waals surface area contributed by atoms with Gasteiger partial charge in [0.05, 0.1) is 10.2 Å². The monoisotopic (exact) mass is 431 g/mol. The topological polar surface area (TPSA) is 103 Å². The molecule has 0 spiro atoms. The lowest BCUT2D eigenvalue weighted by molar-refractivity contribution is -0.384. The van der Waals surface area contributed by atoms with Crippen LogP contribution in [0.1, 0.15) is 13.8 Å². The number of nitro groups is 1. The number of carbonyl (C=O) groups is 1. The zero-order chi connectivity index (χ0) is 21.0. The maximum absolute atomic E-state index is 12.5. The molecule has 0 aliphatic carbocycles. The van der Waals surface area contributed by atoms with Gasteiger partial charge in [-0.1, -0.05) is 35.5 Å². The normalized spacial score (nSPS) is 11.8. The highest BCUT2D eigenvalue weighted by Gasteiger charge is 2.20. The first-order valence-corrected chi connectivity index (χ1v) is 10.1. The van der Waals surface area contributed by atoms with E-state index in [0.29, 0.717) is 28.2 Å². The van der Waals surface area contributed by atoms with Crippen molar-refractivity contribution in [3.8, 4) is 11.4 Å². The SMILES string of the molecule is CCn1c(SC(C)C(=O)Nc2ccc([N+](=O)[O-])cc2)nnc1-c1cccc(Cl)c1. The van der Waals surface area contributed by atoms with Crippen LogP contribution in [0, 0.1) is 10.1 Å². The van der Waals surface area contributed by atoms with Gasteiger partial charge in [0.25, 0.3) is 5.69 Å². The van der Waals surface area contributed by atoms with Crippen molar-refractivity contribution < 1.29 is 9.72 Å². The lowest BCUT2D eigenvalue weighted by Crippen LogP contribution is -2.22. The minimum absolute atomic E-state index is 0.0324. The highest BCUT2D eigenvalue weighted by Crippen LogP contribution is 2.28. The molecule has 1 unspecified atom stereocenters. The number of aromatic nitrogens is 3. The molecule has 8 nitrogen and oxygen atoms in total. The number of nitro benzene ring substituents is 1. The van der Waals surface area contributed by atoms with E-state index in [0.717, 1.165) is 5.56 Å². The Morgan fingerprint density at radius 3 is 2.62 bits per heavy atom. The Balaban J connectivity index is 1.72. The third-order valence-electron chi connectivity index (χ3n) is 4.11. The van der Waals surface area contributed by atoms with Gasteiger partial charge in [-0.3, -0.25) is 14.9 Å². The predicted octanol–water partition coefficient (Wildman–Crippen LogP) is 4.65. The minimum atomic E-state index is -0.487. The molecule has 1 heterocycles. The van der Waals surface area contributed by atoms with Crippen LogP contribution in [0.3, 0.4) is 0 Å². The highest BCUT2D eigenvalue weighted by atomic mass is 35.5. The van der Waals surface area contributed by atoms with E-state index in [1.165, 1.54) is 36.0 Å². The van der Waals surface area contributed by atoms with Gasteiger partial charge in [-0.05, 0) is 38.1 Å². The Hall–Kier alpha value is -2.91. The fraction of sp³-hybridized carbons (Fsp3) is 0.211. The molecule has 2 aromatic carbocycles. The average Bonchev–Trinajstić information content (AvgIpc) is 3.10.